The molecule has 1 N–H and O–H groups in total. The van der Waals surface area contributed by atoms with Gasteiger partial charge >= 0.3 is 0 Å². The second kappa shape index (κ2) is 9.42. The van der Waals surface area contributed by atoms with Gasteiger partial charge in [0.1, 0.15) is 0 Å². The number of piperidine rings is 1. The zero-order valence-corrected chi connectivity index (χ0v) is 16.8. The van der Waals surface area contributed by atoms with Crippen molar-refractivity contribution in [2.75, 3.05) is 23.3 Å². The summed E-state index contributed by atoms with van der Waals surface area (Å²) in [5.41, 5.74) is 4.42. The first-order valence-electron chi connectivity index (χ1n) is 10.5. The van der Waals surface area contributed by atoms with Crippen molar-refractivity contribution in [3.05, 3.63) is 96.1 Å². The molecule has 1 amide bonds. The number of carbonyl (C=O) groups is 1. The molecule has 0 saturated carbocycles. The van der Waals surface area contributed by atoms with E-state index in [9.17, 15) is 4.79 Å². The molecular weight excluding hydrogens is 356 g/mol. The van der Waals surface area contributed by atoms with Gasteiger partial charge in [0.2, 0.25) is 5.91 Å². The van der Waals surface area contributed by atoms with E-state index in [-0.39, 0.29) is 11.8 Å². The molecule has 0 bridgehead atoms. The number of hydrogen-bond acceptors (Lipinski definition) is 2. The van der Waals surface area contributed by atoms with Crippen molar-refractivity contribution >= 4 is 17.3 Å². The van der Waals surface area contributed by atoms with Crippen molar-refractivity contribution in [3.8, 4) is 0 Å². The Morgan fingerprint density at radius 3 is 1.86 bits per heavy atom. The van der Waals surface area contributed by atoms with E-state index in [4.69, 9.17) is 0 Å². The molecule has 0 aromatic heterocycles. The molecular formula is C26H28N2O. The van der Waals surface area contributed by atoms with Crippen molar-refractivity contribution in [1.82, 2.24) is 0 Å². The maximum atomic E-state index is 12.8. The molecule has 1 saturated heterocycles. The molecule has 148 valence electrons. The van der Waals surface area contributed by atoms with Crippen LogP contribution in [0.1, 0.15) is 42.7 Å². The Morgan fingerprint density at radius 2 is 1.31 bits per heavy atom. The SMILES string of the molecule is O=C(CC(c1ccccc1)c1ccccc1)Nc1ccc(N2CCCCC2)cc1. The quantitative estimate of drug-likeness (QED) is 0.579. The van der Waals surface area contributed by atoms with Gasteiger partial charge in [0.15, 0.2) is 0 Å². The molecule has 3 nitrogen and oxygen atoms in total. The van der Waals surface area contributed by atoms with Crippen LogP contribution >= 0.6 is 0 Å². The van der Waals surface area contributed by atoms with Gasteiger partial charge < -0.3 is 10.2 Å². The monoisotopic (exact) mass is 384 g/mol. The summed E-state index contributed by atoms with van der Waals surface area (Å²) in [6, 6.07) is 28.8. The van der Waals surface area contributed by atoms with Gasteiger partial charge in [-0.15, -0.1) is 0 Å². The van der Waals surface area contributed by atoms with Crippen molar-refractivity contribution in [2.45, 2.75) is 31.6 Å². The molecule has 3 aromatic carbocycles. The normalized spacial score (nSPS) is 14.0. The lowest BCUT2D eigenvalue weighted by Gasteiger charge is -2.28. The van der Waals surface area contributed by atoms with E-state index in [0.29, 0.717) is 6.42 Å². The average molecular weight is 385 g/mol. The Labute approximate surface area is 173 Å². The fourth-order valence-corrected chi connectivity index (χ4v) is 4.10. The second-order valence-electron chi connectivity index (χ2n) is 7.72. The summed E-state index contributed by atoms with van der Waals surface area (Å²) in [4.78, 5) is 15.3. The van der Waals surface area contributed by atoms with Crippen LogP contribution in [-0.4, -0.2) is 19.0 Å². The Morgan fingerprint density at radius 1 is 0.759 bits per heavy atom. The van der Waals surface area contributed by atoms with Crippen molar-refractivity contribution in [3.63, 3.8) is 0 Å². The van der Waals surface area contributed by atoms with Gasteiger partial charge in [-0.1, -0.05) is 60.7 Å². The molecule has 0 radical (unpaired) electrons. The van der Waals surface area contributed by atoms with E-state index in [2.05, 4.69) is 46.6 Å². The van der Waals surface area contributed by atoms with Gasteiger partial charge in [-0.2, -0.15) is 0 Å². The van der Waals surface area contributed by atoms with Gasteiger partial charge in [0.25, 0.3) is 0 Å². The van der Waals surface area contributed by atoms with Crippen LogP contribution in [0.5, 0.6) is 0 Å². The van der Waals surface area contributed by atoms with Crippen molar-refractivity contribution in [2.24, 2.45) is 0 Å². The molecule has 1 aliphatic rings. The number of carbonyl (C=O) groups excluding carboxylic acids is 1. The van der Waals surface area contributed by atoms with E-state index in [1.807, 2.05) is 48.5 Å². The van der Waals surface area contributed by atoms with Crippen molar-refractivity contribution in [1.29, 1.82) is 0 Å². The van der Waals surface area contributed by atoms with Crippen LogP contribution in [0.25, 0.3) is 0 Å². The van der Waals surface area contributed by atoms with Crippen LogP contribution in [-0.2, 0) is 4.79 Å². The van der Waals surface area contributed by atoms with Crippen LogP contribution in [0.2, 0.25) is 0 Å². The molecule has 0 unspecified atom stereocenters. The summed E-state index contributed by atoms with van der Waals surface area (Å²) in [7, 11) is 0. The fraction of sp³-hybridized carbons (Fsp3) is 0.269. The third-order valence-electron chi connectivity index (χ3n) is 5.67. The van der Waals surface area contributed by atoms with Gasteiger partial charge in [-0.25, -0.2) is 0 Å². The molecule has 0 spiro atoms. The molecule has 1 aliphatic heterocycles. The fourth-order valence-electron chi connectivity index (χ4n) is 4.10. The van der Waals surface area contributed by atoms with Crippen molar-refractivity contribution < 1.29 is 4.79 Å². The number of nitrogens with one attached hydrogen (secondary N) is 1. The van der Waals surface area contributed by atoms with Gasteiger partial charge in [-0.05, 0) is 54.7 Å². The zero-order valence-electron chi connectivity index (χ0n) is 16.8. The highest BCUT2D eigenvalue weighted by molar-refractivity contribution is 5.91. The van der Waals surface area contributed by atoms with E-state index in [1.165, 1.54) is 24.9 Å². The number of benzene rings is 3. The summed E-state index contributed by atoms with van der Waals surface area (Å²) in [6.07, 6.45) is 4.27. The maximum Gasteiger partial charge on any atom is 0.225 e. The lowest BCUT2D eigenvalue weighted by molar-refractivity contribution is -0.116. The average Bonchev–Trinajstić information content (AvgIpc) is 2.80. The molecule has 4 rings (SSSR count). The number of hydrogen-bond donors (Lipinski definition) is 1. The first-order valence-corrected chi connectivity index (χ1v) is 10.5. The Kier molecular flexibility index (Phi) is 6.25. The van der Waals surface area contributed by atoms with E-state index in [0.717, 1.165) is 29.9 Å². The van der Waals surface area contributed by atoms with Crippen LogP contribution in [0.3, 0.4) is 0 Å². The molecule has 3 aromatic rings. The highest BCUT2D eigenvalue weighted by Gasteiger charge is 2.18. The maximum absolute atomic E-state index is 12.8. The Bertz CT molecular complexity index is 861. The number of rotatable bonds is 6. The van der Waals surface area contributed by atoms with Gasteiger partial charge in [-0.3, -0.25) is 4.79 Å². The molecule has 1 heterocycles. The first-order chi connectivity index (χ1) is 14.3. The minimum Gasteiger partial charge on any atom is -0.372 e. The van der Waals surface area contributed by atoms with E-state index >= 15 is 0 Å². The zero-order chi connectivity index (χ0) is 19.9. The molecule has 0 aliphatic carbocycles. The smallest absolute Gasteiger partial charge is 0.225 e. The minimum atomic E-state index is 0.0356. The topological polar surface area (TPSA) is 32.3 Å². The van der Waals surface area contributed by atoms with Gasteiger partial charge in [0.05, 0.1) is 0 Å². The molecule has 3 heteroatoms. The summed E-state index contributed by atoms with van der Waals surface area (Å²) >= 11 is 0. The predicted molar refractivity (Wildman–Crippen MR) is 120 cm³/mol. The lowest BCUT2D eigenvalue weighted by Crippen LogP contribution is -2.29. The molecule has 0 atom stereocenters. The molecule has 1 fully saturated rings. The summed E-state index contributed by atoms with van der Waals surface area (Å²) in [5, 5.41) is 3.08. The number of anilines is 2. The number of amides is 1. The standard InChI is InChI=1S/C26H28N2O/c29-26(27-23-14-16-24(17-15-23)28-18-8-3-9-19-28)20-25(21-10-4-1-5-11-21)22-12-6-2-7-13-22/h1-2,4-7,10-17,25H,3,8-9,18-20H2,(H,27,29). The van der Waals surface area contributed by atoms with E-state index in [1.54, 1.807) is 0 Å². The Balaban J connectivity index is 1.44. The van der Waals surface area contributed by atoms with E-state index < -0.39 is 0 Å². The van der Waals surface area contributed by atoms with Gasteiger partial charge in [0, 0.05) is 36.8 Å². The third-order valence-corrected chi connectivity index (χ3v) is 5.67. The largest absolute Gasteiger partial charge is 0.372 e. The van der Waals surface area contributed by atoms with Crippen LogP contribution < -0.4 is 10.2 Å². The summed E-state index contributed by atoms with van der Waals surface area (Å²) in [6.45, 7) is 2.25. The summed E-state index contributed by atoms with van der Waals surface area (Å²) < 4.78 is 0. The predicted octanol–water partition coefficient (Wildman–Crippen LogP) is 5.84. The molecule has 29 heavy (non-hydrogen) atoms. The number of nitrogens with zero attached hydrogens (tertiary/aromatic N) is 1. The Hall–Kier alpha value is -3.07. The van der Waals surface area contributed by atoms with Crippen LogP contribution in [0.15, 0.2) is 84.9 Å². The lowest BCUT2D eigenvalue weighted by atomic mass is 9.88. The third kappa shape index (κ3) is 5.05. The summed E-state index contributed by atoms with van der Waals surface area (Å²) in [5.74, 6) is 0.0819. The highest BCUT2D eigenvalue weighted by atomic mass is 16.1. The second-order valence-corrected chi connectivity index (χ2v) is 7.72. The first kappa shape index (κ1) is 19.3. The van der Waals surface area contributed by atoms with Crippen LogP contribution in [0, 0.1) is 0 Å². The minimum absolute atomic E-state index is 0.0356. The highest BCUT2D eigenvalue weighted by Crippen LogP contribution is 2.28. The van der Waals surface area contributed by atoms with Crippen LogP contribution in [0.4, 0.5) is 11.4 Å².